The second-order valence-corrected chi connectivity index (χ2v) is 10.7. The van der Waals surface area contributed by atoms with Crippen LogP contribution in [0, 0.1) is 19.2 Å². The number of hydrogen-bond donors (Lipinski definition) is 0. The zero-order chi connectivity index (χ0) is 32.4. The lowest BCUT2D eigenvalue weighted by molar-refractivity contribution is -0.660. The molecule has 2 nitrogen and oxygen atoms in total. The lowest BCUT2D eigenvalue weighted by Crippen LogP contribution is -2.32. The van der Waals surface area contributed by atoms with Gasteiger partial charge in [0.1, 0.15) is 18.2 Å². The first-order valence-electron chi connectivity index (χ1n) is 16.3. The van der Waals surface area contributed by atoms with Crippen molar-refractivity contribution in [3.8, 4) is 22.4 Å². The first-order chi connectivity index (χ1) is 20.2. The highest BCUT2D eigenvalue weighted by Gasteiger charge is 2.29. The number of aryl methyl sites for hydroxylation is 3. The van der Waals surface area contributed by atoms with E-state index in [2.05, 4.69) is 0 Å². The van der Waals surface area contributed by atoms with E-state index in [1.165, 1.54) is 0 Å². The van der Waals surface area contributed by atoms with Crippen molar-refractivity contribution in [3.63, 3.8) is 0 Å². The largest absolute Gasteiger partial charge is 0.454 e. The number of para-hydroxylation sites is 1. The molecule has 0 saturated heterocycles. The molecule has 2 heteroatoms. The van der Waals surface area contributed by atoms with Gasteiger partial charge in [-0.15, -0.1) is 0 Å². The minimum atomic E-state index is -2.38. The first-order valence-corrected chi connectivity index (χ1v) is 12.3. The van der Waals surface area contributed by atoms with Gasteiger partial charge < -0.3 is 4.42 Å². The number of furan rings is 1. The van der Waals surface area contributed by atoms with E-state index in [1.54, 1.807) is 63.7 Å². The van der Waals surface area contributed by atoms with E-state index in [-0.39, 0.29) is 5.56 Å². The molecular formula is C34H36NO+. The maximum absolute atomic E-state index is 8.87. The molecule has 0 fully saturated rings. The highest BCUT2D eigenvalue weighted by molar-refractivity contribution is 6.13. The molecule has 1 aliphatic rings. The highest BCUT2D eigenvalue weighted by atomic mass is 16.3. The molecule has 1 aliphatic carbocycles. The van der Waals surface area contributed by atoms with Crippen LogP contribution in [0.3, 0.4) is 0 Å². The van der Waals surface area contributed by atoms with Crippen LogP contribution in [-0.4, -0.2) is 0 Å². The van der Waals surface area contributed by atoms with Crippen LogP contribution in [0.5, 0.6) is 0 Å². The molecule has 6 rings (SSSR count). The van der Waals surface area contributed by atoms with Gasteiger partial charge in [-0.25, -0.2) is 4.57 Å². The summed E-state index contributed by atoms with van der Waals surface area (Å²) in [6.45, 7) is 6.24. The average Bonchev–Trinajstić information content (AvgIpc) is 3.34. The fourth-order valence-corrected chi connectivity index (χ4v) is 5.45. The number of aromatic nitrogens is 1. The maximum atomic E-state index is 8.87. The van der Waals surface area contributed by atoms with Crippen molar-refractivity contribution in [2.24, 2.45) is 12.5 Å². The summed E-state index contributed by atoms with van der Waals surface area (Å²) in [6, 6.07) is 16.9. The number of nitrogens with zero attached hydrogens (tertiary/aromatic N) is 1. The van der Waals surface area contributed by atoms with Gasteiger partial charge in [-0.2, -0.15) is 0 Å². The number of rotatable bonds is 3. The fraction of sp³-hybridized carbons (Fsp3) is 0.324. The number of hydrogen-bond acceptors (Lipinski definition) is 1. The lowest BCUT2D eigenvalue weighted by Gasteiger charge is -2.14. The standard InChI is InChI=1S/C34H36NO/c1-20(2)29-16-30(35(7)19-22(29)4)31-21(3)11-14-28-27-10-8-9-26(32(27)36-33(28)31)23-12-13-24-17-34(5,6)18-25(24)15-23/h8-16,19-20H,17-18H2,1-7H3/q+1/i4D3,17D2,18D2,20D. The van der Waals surface area contributed by atoms with E-state index in [9.17, 15) is 0 Å². The zero-order valence-corrected chi connectivity index (χ0v) is 21.6. The van der Waals surface area contributed by atoms with Gasteiger partial charge in [0.25, 0.3) is 0 Å². The Kier molecular flexibility index (Phi) is 3.51. The molecule has 2 heterocycles. The predicted octanol–water partition coefficient (Wildman–Crippen LogP) is 8.61. The Morgan fingerprint density at radius 2 is 1.75 bits per heavy atom. The molecule has 0 radical (unpaired) electrons. The Morgan fingerprint density at radius 1 is 0.972 bits per heavy atom. The van der Waals surface area contributed by atoms with Gasteiger partial charge in [-0.3, -0.25) is 0 Å². The molecule has 36 heavy (non-hydrogen) atoms. The molecule has 182 valence electrons. The SMILES string of the molecule is [2H]C([2H])([2H])c1c[n+](C)c(-c2c(C)ccc3c2oc2c(-c4ccc5c(c4)C([2H])([2H])C(C)(C)C5([2H])[2H])cccc23)cc1C([2H])(C)C. The van der Waals surface area contributed by atoms with Crippen molar-refractivity contribution >= 4 is 21.9 Å². The smallest absolute Gasteiger partial charge is 0.216 e. The number of pyridine rings is 1. The molecule has 0 amide bonds. The summed E-state index contributed by atoms with van der Waals surface area (Å²) in [7, 11) is 1.80. The van der Waals surface area contributed by atoms with Crippen LogP contribution in [0.15, 0.2) is 65.2 Å². The molecular weight excluding hydrogens is 438 g/mol. The lowest BCUT2D eigenvalue weighted by atomic mass is 9.90. The van der Waals surface area contributed by atoms with Gasteiger partial charge in [-0.05, 0) is 65.6 Å². The van der Waals surface area contributed by atoms with Gasteiger partial charge >= 0.3 is 0 Å². The predicted molar refractivity (Wildman–Crippen MR) is 151 cm³/mol. The van der Waals surface area contributed by atoms with E-state index in [4.69, 9.17) is 15.4 Å². The molecule has 0 N–H and O–H groups in total. The van der Waals surface area contributed by atoms with Crippen LogP contribution < -0.4 is 4.57 Å². The van der Waals surface area contributed by atoms with Crippen LogP contribution in [0.25, 0.3) is 44.3 Å². The van der Waals surface area contributed by atoms with Crippen molar-refractivity contribution in [1.29, 1.82) is 0 Å². The Bertz CT molecular complexity index is 1990. The Labute approximate surface area is 225 Å². The summed E-state index contributed by atoms with van der Waals surface area (Å²) in [6.07, 6.45) is -2.12. The summed E-state index contributed by atoms with van der Waals surface area (Å²) >= 11 is 0. The zero-order valence-electron chi connectivity index (χ0n) is 29.6. The maximum Gasteiger partial charge on any atom is 0.216 e. The normalized spacial score (nSPS) is 21.5. The number of benzene rings is 3. The summed E-state index contributed by atoms with van der Waals surface area (Å²) < 4.78 is 76.7. The third-order valence-corrected chi connectivity index (χ3v) is 7.17. The second kappa shape index (κ2) is 8.06. The fourth-order valence-electron chi connectivity index (χ4n) is 5.45. The van der Waals surface area contributed by atoms with Crippen molar-refractivity contribution in [3.05, 3.63) is 88.6 Å². The van der Waals surface area contributed by atoms with E-state index in [1.807, 2.05) is 43.3 Å². The molecule has 0 unspecified atom stereocenters. The van der Waals surface area contributed by atoms with Crippen LogP contribution in [-0.2, 0) is 19.8 Å². The van der Waals surface area contributed by atoms with Crippen LogP contribution >= 0.6 is 0 Å². The number of fused-ring (bicyclic) bond motifs is 4. The highest BCUT2D eigenvalue weighted by Crippen LogP contribution is 2.43. The van der Waals surface area contributed by atoms with E-state index in [0.29, 0.717) is 27.9 Å². The summed E-state index contributed by atoms with van der Waals surface area (Å²) in [5.41, 5.74) is 5.24. The van der Waals surface area contributed by atoms with Gasteiger partial charge in [0.05, 0.1) is 5.56 Å². The Hall–Kier alpha value is -3.39. The minimum absolute atomic E-state index is 0.143. The Morgan fingerprint density at radius 3 is 2.53 bits per heavy atom. The van der Waals surface area contributed by atoms with Crippen molar-refractivity contribution in [2.45, 2.75) is 60.1 Å². The minimum Gasteiger partial charge on any atom is -0.454 e. The van der Waals surface area contributed by atoms with Crippen molar-refractivity contribution < 1.29 is 20.0 Å². The average molecular weight is 483 g/mol. The summed E-state index contributed by atoms with van der Waals surface area (Å²) in [5.74, 6) is -1.15. The van der Waals surface area contributed by atoms with Crippen LogP contribution in [0.2, 0.25) is 0 Å². The molecule has 0 atom stereocenters. The van der Waals surface area contributed by atoms with Crippen LogP contribution in [0.4, 0.5) is 0 Å². The molecule has 0 aliphatic heterocycles. The van der Waals surface area contributed by atoms with Crippen LogP contribution in [0.1, 0.15) is 72.4 Å². The third-order valence-electron chi connectivity index (χ3n) is 7.17. The van der Waals surface area contributed by atoms with Crippen molar-refractivity contribution in [2.75, 3.05) is 0 Å². The molecule has 0 spiro atoms. The van der Waals surface area contributed by atoms with Gasteiger partial charge in [-0.1, -0.05) is 76.2 Å². The molecule has 5 aromatic rings. The van der Waals surface area contributed by atoms with Crippen molar-refractivity contribution in [1.82, 2.24) is 0 Å². The topological polar surface area (TPSA) is 17.0 Å². The second-order valence-electron chi connectivity index (χ2n) is 10.7. The summed E-state index contributed by atoms with van der Waals surface area (Å²) in [5, 5.41) is 1.75. The summed E-state index contributed by atoms with van der Waals surface area (Å²) in [4.78, 5) is 0. The molecule has 3 aromatic carbocycles. The monoisotopic (exact) mass is 482 g/mol. The third kappa shape index (κ3) is 3.58. The molecule has 0 saturated carbocycles. The quantitative estimate of drug-likeness (QED) is 0.235. The molecule has 2 aromatic heterocycles. The van der Waals surface area contributed by atoms with E-state index < -0.39 is 30.9 Å². The van der Waals surface area contributed by atoms with Gasteiger partial charge in [0, 0.05) is 38.9 Å². The van der Waals surface area contributed by atoms with E-state index in [0.717, 1.165) is 38.7 Å². The van der Waals surface area contributed by atoms with Gasteiger partial charge in [0.2, 0.25) is 5.69 Å². The van der Waals surface area contributed by atoms with E-state index >= 15 is 0 Å². The van der Waals surface area contributed by atoms with Gasteiger partial charge in [0.15, 0.2) is 6.20 Å². The first kappa shape index (κ1) is 15.7. The molecule has 0 bridgehead atoms. The Balaban J connectivity index is 1.61.